The maximum atomic E-state index is 6.27. The molecule has 0 bridgehead atoms. The van der Waals surface area contributed by atoms with Crippen molar-refractivity contribution in [3.8, 4) is 22.3 Å². The molecular weight excluding hydrogens is 824 g/mol. The Morgan fingerprint density at radius 1 is 0.338 bits per heavy atom. The Hall–Kier alpha value is -6.78. The number of rotatable bonds is 4. The highest BCUT2D eigenvalue weighted by atomic mass is 16.3. The third kappa shape index (κ3) is 7.35. The summed E-state index contributed by atoms with van der Waals surface area (Å²) in [5.74, 6) is 0. The molecule has 338 valence electrons. The minimum Gasteiger partial charge on any atom is -0.456 e. The molecule has 0 amide bonds. The minimum absolute atomic E-state index is 0.0108. The van der Waals surface area contributed by atoms with Crippen LogP contribution >= 0.6 is 0 Å². The first-order valence-corrected chi connectivity index (χ1v) is 24.5. The third-order valence-corrected chi connectivity index (χ3v) is 14.7. The van der Waals surface area contributed by atoms with Gasteiger partial charge in [-0.15, -0.1) is 0 Å². The lowest BCUT2D eigenvalue weighted by molar-refractivity contribution is 0.590. The van der Waals surface area contributed by atoms with Crippen molar-refractivity contribution < 1.29 is 4.42 Å². The lowest BCUT2D eigenvalue weighted by Crippen LogP contribution is -2.61. The number of furan rings is 1. The van der Waals surface area contributed by atoms with Crippen molar-refractivity contribution in [2.45, 2.75) is 105 Å². The van der Waals surface area contributed by atoms with Crippen LogP contribution in [0.25, 0.3) is 44.2 Å². The van der Waals surface area contributed by atoms with E-state index in [4.69, 9.17) is 4.42 Å². The molecule has 0 N–H and O–H groups in total. The largest absolute Gasteiger partial charge is 0.456 e. The summed E-state index contributed by atoms with van der Waals surface area (Å²) in [6.45, 7) is 27.9. The predicted octanol–water partition coefficient (Wildman–Crippen LogP) is 16.2. The van der Waals surface area contributed by atoms with Crippen molar-refractivity contribution in [2.75, 3.05) is 9.80 Å². The molecule has 0 unspecified atom stereocenters. The van der Waals surface area contributed by atoms with E-state index in [1.54, 1.807) is 0 Å². The monoisotopic (exact) mass is 887 g/mol. The fourth-order valence-electron chi connectivity index (χ4n) is 10.6. The summed E-state index contributed by atoms with van der Waals surface area (Å²) in [5, 5.41) is 2.27. The molecule has 9 aromatic rings. The van der Waals surface area contributed by atoms with Gasteiger partial charge in [-0.3, -0.25) is 0 Å². The van der Waals surface area contributed by atoms with E-state index in [1.165, 1.54) is 78.1 Å². The fourth-order valence-corrected chi connectivity index (χ4v) is 10.6. The van der Waals surface area contributed by atoms with Crippen LogP contribution in [-0.2, 0) is 21.7 Å². The Morgan fingerprint density at radius 3 is 1.40 bits per heavy atom. The maximum Gasteiger partial charge on any atom is 0.252 e. The van der Waals surface area contributed by atoms with Gasteiger partial charge in [-0.2, -0.15) is 0 Å². The number of hydrogen-bond donors (Lipinski definition) is 0. The molecule has 0 spiro atoms. The summed E-state index contributed by atoms with van der Waals surface area (Å²) < 4.78 is 6.27. The molecule has 68 heavy (non-hydrogen) atoms. The van der Waals surface area contributed by atoms with Crippen LogP contribution < -0.4 is 26.2 Å². The van der Waals surface area contributed by atoms with E-state index in [-0.39, 0.29) is 28.4 Å². The van der Waals surface area contributed by atoms with E-state index in [9.17, 15) is 0 Å². The van der Waals surface area contributed by atoms with Gasteiger partial charge in [-0.25, -0.2) is 0 Å². The summed E-state index contributed by atoms with van der Waals surface area (Å²) in [6.07, 6.45) is 0. The SMILES string of the molecule is CC(C)(C)c1ccc(-c2ccc(N3c4ccc(C(C)(C)C)cc4B4c5cc(C(C)(C)C)ccc5N(c5cccc(-c6ccc7oc8ccccc8c7c6)c5)c5cc(C(C)(C)C)cc3c54)cc2)cc1. The van der Waals surface area contributed by atoms with Crippen LogP contribution in [0, 0.1) is 0 Å². The second-order valence-electron chi connectivity index (χ2n) is 23.6. The van der Waals surface area contributed by atoms with Gasteiger partial charge >= 0.3 is 0 Å². The van der Waals surface area contributed by atoms with Crippen LogP contribution in [0.1, 0.15) is 105 Å². The lowest BCUT2D eigenvalue weighted by atomic mass is 9.33. The highest BCUT2D eigenvalue weighted by molar-refractivity contribution is 7.00. The second-order valence-corrected chi connectivity index (χ2v) is 23.6. The zero-order chi connectivity index (χ0) is 47.7. The number of para-hydroxylation sites is 1. The normalized spacial score (nSPS) is 13.8. The Kier molecular flexibility index (Phi) is 9.90. The molecule has 1 aromatic heterocycles. The molecular formula is C64H63BN2O. The van der Waals surface area contributed by atoms with Crippen molar-refractivity contribution in [3.05, 3.63) is 186 Å². The van der Waals surface area contributed by atoms with Gasteiger partial charge in [0.05, 0.1) is 0 Å². The van der Waals surface area contributed by atoms with Gasteiger partial charge in [0.2, 0.25) is 0 Å². The average Bonchev–Trinajstić information content (AvgIpc) is 3.68. The number of fused-ring (bicyclic) bond motifs is 7. The molecule has 11 rings (SSSR count). The van der Waals surface area contributed by atoms with Crippen molar-refractivity contribution in [1.29, 1.82) is 0 Å². The molecule has 0 atom stereocenters. The molecule has 0 aliphatic carbocycles. The number of anilines is 6. The zero-order valence-corrected chi connectivity index (χ0v) is 42.0. The first-order valence-electron chi connectivity index (χ1n) is 24.5. The Morgan fingerprint density at radius 2 is 0.824 bits per heavy atom. The van der Waals surface area contributed by atoms with Gasteiger partial charge in [0.25, 0.3) is 6.71 Å². The molecule has 3 heterocycles. The van der Waals surface area contributed by atoms with E-state index in [1.807, 2.05) is 6.07 Å². The quantitative estimate of drug-likeness (QED) is 0.164. The summed E-state index contributed by atoms with van der Waals surface area (Å²) in [7, 11) is 0. The Bertz CT molecular complexity index is 3440. The molecule has 8 aromatic carbocycles. The molecule has 2 aliphatic heterocycles. The molecule has 0 radical (unpaired) electrons. The van der Waals surface area contributed by atoms with Crippen LogP contribution in [0.15, 0.2) is 168 Å². The molecule has 4 heteroatoms. The standard InChI is InChI=1S/C64H63BN2O/c1-61(2,3)44-25-20-40(21-26-44)41-22-29-48(30-23-41)66-54-31-27-45(62(4,5)6)36-52(54)65-53-37-46(63(7,8)9)28-32-55(53)67(57-39-47(64(10,11)12)38-56(66)60(57)65)49-17-15-16-42(34-49)43-24-33-59-51(35-43)50-18-13-14-19-58(50)68-59/h13-39H,1-12H3. The summed E-state index contributed by atoms with van der Waals surface area (Å²) in [4.78, 5) is 5.14. The third-order valence-electron chi connectivity index (χ3n) is 14.7. The first kappa shape index (κ1) is 43.8. The number of hydrogen-bond acceptors (Lipinski definition) is 3. The van der Waals surface area contributed by atoms with E-state index < -0.39 is 0 Å². The summed E-state index contributed by atoms with van der Waals surface area (Å²) >= 11 is 0. The van der Waals surface area contributed by atoms with Gasteiger partial charge in [-0.05, 0) is 149 Å². The Labute approximate surface area is 404 Å². The van der Waals surface area contributed by atoms with Gasteiger partial charge in [0.1, 0.15) is 11.2 Å². The smallest absolute Gasteiger partial charge is 0.252 e. The van der Waals surface area contributed by atoms with Gasteiger partial charge in [0, 0.05) is 44.9 Å². The molecule has 0 saturated carbocycles. The Balaban J connectivity index is 1.15. The highest BCUT2D eigenvalue weighted by Crippen LogP contribution is 2.48. The van der Waals surface area contributed by atoms with Crippen molar-refractivity contribution >= 4 is 79.2 Å². The van der Waals surface area contributed by atoms with Gasteiger partial charge in [0.15, 0.2) is 0 Å². The van der Waals surface area contributed by atoms with E-state index in [2.05, 4.69) is 251 Å². The molecule has 2 aliphatic rings. The predicted molar refractivity (Wildman–Crippen MR) is 293 cm³/mol. The van der Waals surface area contributed by atoms with Crippen LogP contribution in [0.5, 0.6) is 0 Å². The minimum atomic E-state index is -0.126. The highest BCUT2D eigenvalue weighted by Gasteiger charge is 2.45. The zero-order valence-electron chi connectivity index (χ0n) is 42.0. The van der Waals surface area contributed by atoms with Crippen LogP contribution in [0.4, 0.5) is 34.1 Å². The lowest BCUT2D eigenvalue weighted by Gasteiger charge is -2.45. The molecule has 0 saturated heterocycles. The number of nitrogens with zero attached hydrogens (tertiary/aromatic N) is 2. The summed E-state index contributed by atoms with van der Waals surface area (Å²) in [5.41, 5.74) is 23.1. The van der Waals surface area contributed by atoms with Gasteiger partial charge < -0.3 is 14.2 Å². The molecule has 0 fully saturated rings. The number of benzene rings is 8. The van der Waals surface area contributed by atoms with E-state index >= 15 is 0 Å². The van der Waals surface area contributed by atoms with Crippen LogP contribution in [0.3, 0.4) is 0 Å². The maximum absolute atomic E-state index is 6.27. The van der Waals surface area contributed by atoms with Crippen molar-refractivity contribution in [1.82, 2.24) is 0 Å². The van der Waals surface area contributed by atoms with Gasteiger partial charge in [-0.1, -0.05) is 180 Å². The van der Waals surface area contributed by atoms with Crippen molar-refractivity contribution in [2.24, 2.45) is 0 Å². The van der Waals surface area contributed by atoms with E-state index in [0.717, 1.165) is 38.9 Å². The second kappa shape index (κ2) is 15.4. The van der Waals surface area contributed by atoms with Crippen LogP contribution in [-0.4, -0.2) is 6.71 Å². The fraction of sp³-hybridized carbons (Fsp3) is 0.250. The van der Waals surface area contributed by atoms with Crippen LogP contribution in [0.2, 0.25) is 0 Å². The molecule has 3 nitrogen and oxygen atoms in total. The average molecular weight is 887 g/mol. The topological polar surface area (TPSA) is 19.6 Å². The first-order chi connectivity index (χ1) is 32.2. The van der Waals surface area contributed by atoms with Crippen molar-refractivity contribution in [3.63, 3.8) is 0 Å². The summed E-state index contributed by atoms with van der Waals surface area (Å²) in [6, 6.07) is 62.2. The van der Waals surface area contributed by atoms with E-state index in [0.29, 0.717) is 0 Å².